The third-order valence-electron chi connectivity index (χ3n) is 3.59. The normalized spacial score (nSPS) is 11.9. The van der Waals surface area contributed by atoms with Crippen LogP contribution in [0.5, 0.6) is 5.88 Å². The summed E-state index contributed by atoms with van der Waals surface area (Å²) in [7, 11) is 0. The first-order chi connectivity index (χ1) is 13.3. The topological polar surface area (TPSA) is 71.4 Å². The summed E-state index contributed by atoms with van der Waals surface area (Å²) >= 11 is 1.58. The molecule has 2 heterocycles. The van der Waals surface area contributed by atoms with E-state index < -0.39 is 11.7 Å². The van der Waals surface area contributed by atoms with Crippen molar-refractivity contribution in [1.82, 2.24) is 20.6 Å². The van der Waals surface area contributed by atoms with Crippen LogP contribution in [-0.2, 0) is 12.7 Å². The summed E-state index contributed by atoms with van der Waals surface area (Å²) in [4.78, 5) is 12.7. The van der Waals surface area contributed by atoms with E-state index in [0.717, 1.165) is 23.0 Å². The van der Waals surface area contributed by atoms with Crippen molar-refractivity contribution in [3.63, 3.8) is 0 Å². The summed E-state index contributed by atoms with van der Waals surface area (Å²) in [5, 5.41) is 9.21. The van der Waals surface area contributed by atoms with Gasteiger partial charge < -0.3 is 15.4 Å². The monoisotopic (exact) mass is 543 g/mol. The molecule has 2 rings (SSSR count). The number of aromatic nitrogens is 2. The van der Waals surface area contributed by atoms with Crippen LogP contribution in [-0.4, -0.2) is 35.6 Å². The van der Waals surface area contributed by atoms with Crippen LogP contribution in [0.4, 0.5) is 13.2 Å². The molecule has 11 heteroatoms. The van der Waals surface area contributed by atoms with Crippen LogP contribution in [0.1, 0.15) is 43.0 Å². The molecule has 0 aromatic carbocycles. The highest BCUT2D eigenvalue weighted by molar-refractivity contribution is 14.0. The molecular weight excluding hydrogens is 518 g/mol. The number of aliphatic imine (C=N–C) groups is 1. The van der Waals surface area contributed by atoms with Crippen LogP contribution >= 0.6 is 35.3 Å². The molecule has 0 atom stereocenters. The summed E-state index contributed by atoms with van der Waals surface area (Å²) in [6.45, 7) is 7.97. The molecule has 2 aromatic heterocycles. The number of hydrogen-bond acceptors (Lipinski definition) is 5. The van der Waals surface area contributed by atoms with Gasteiger partial charge in [-0.3, -0.25) is 0 Å². The van der Waals surface area contributed by atoms with Crippen LogP contribution in [0.15, 0.2) is 28.7 Å². The fourth-order valence-corrected chi connectivity index (χ4v) is 2.99. The molecule has 0 radical (unpaired) electrons. The third-order valence-corrected chi connectivity index (χ3v) is 4.44. The molecule has 0 spiro atoms. The first-order valence-electron chi connectivity index (χ1n) is 8.92. The standard InChI is InChI=1S/C18H24F3N5OS.HI/c1-4-22-17(25-10-16-26-14(11-28-16)12(2)3)23-7-8-27-15-6-5-13(9-24-15)18(19,20)21;/h5-6,9,11-12H,4,7-8,10H2,1-3H3,(H2,22,23,25);1H. The Balaban J connectivity index is 0.00000420. The Morgan fingerprint density at radius 2 is 2.03 bits per heavy atom. The van der Waals surface area contributed by atoms with Gasteiger partial charge in [0.25, 0.3) is 0 Å². The van der Waals surface area contributed by atoms with Crippen molar-refractivity contribution in [2.75, 3.05) is 19.7 Å². The van der Waals surface area contributed by atoms with E-state index >= 15 is 0 Å². The summed E-state index contributed by atoms with van der Waals surface area (Å²) in [6, 6.07) is 2.15. The summed E-state index contributed by atoms with van der Waals surface area (Å²) in [5.41, 5.74) is 0.257. The lowest BCUT2D eigenvalue weighted by atomic mass is 10.2. The fourth-order valence-electron chi connectivity index (χ4n) is 2.11. The maximum Gasteiger partial charge on any atom is 0.417 e. The van der Waals surface area contributed by atoms with Gasteiger partial charge in [0.05, 0.1) is 24.3 Å². The lowest BCUT2D eigenvalue weighted by Crippen LogP contribution is -2.39. The molecular formula is C18H25F3IN5OS. The van der Waals surface area contributed by atoms with E-state index in [0.29, 0.717) is 31.5 Å². The molecule has 6 nitrogen and oxygen atoms in total. The minimum atomic E-state index is -4.41. The number of rotatable bonds is 8. The average molecular weight is 543 g/mol. The third kappa shape index (κ3) is 8.72. The predicted octanol–water partition coefficient (Wildman–Crippen LogP) is 4.43. The van der Waals surface area contributed by atoms with E-state index in [1.165, 1.54) is 6.07 Å². The van der Waals surface area contributed by atoms with Gasteiger partial charge in [0.15, 0.2) is 5.96 Å². The molecule has 0 saturated heterocycles. The van der Waals surface area contributed by atoms with Crippen molar-refractivity contribution >= 4 is 41.3 Å². The van der Waals surface area contributed by atoms with E-state index in [4.69, 9.17) is 4.74 Å². The van der Waals surface area contributed by atoms with Crippen LogP contribution in [0.3, 0.4) is 0 Å². The Hall–Kier alpha value is -1.63. The van der Waals surface area contributed by atoms with E-state index in [2.05, 4.69) is 39.4 Å². The maximum atomic E-state index is 12.5. The Morgan fingerprint density at radius 1 is 1.28 bits per heavy atom. The quantitative estimate of drug-likeness (QED) is 0.223. The molecule has 0 aliphatic carbocycles. The molecule has 29 heavy (non-hydrogen) atoms. The number of ether oxygens (including phenoxy) is 1. The van der Waals surface area contributed by atoms with Gasteiger partial charge >= 0.3 is 6.18 Å². The molecule has 162 valence electrons. The number of pyridine rings is 1. The molecule has 0 fully saturated rings. The fraction of sp³-hybridized carbons (Fsp3) is 0.500. The van der Waals surface area contributed by atoms with Gasteiger partial charge in [-0.25, -0.2) is 15.0 Å². The van der Waals surface area contributed by atoms with Crippen LogP contribution < -0.4 is 15.4 Å². The lowest BCUT2D eigenvalue weighted by molar-refractivity contribution is -0.137. The van der Waals surface area contributed by atoms with Crippen LogP contribution in [0.25, 0.3) is 0 Å². The number of alkyl halides is 3. The number of nitrogens with zero attached hydrogens (tertiary/aromatic N) is 3. The summed E-state index contributed by atoms with van der Waals surface area (Å²) in [5.74, 6) is 1.14. The molecule has 0 aliphatic rings. The number of hydrogen-bond donors (Lipinski definition) is 2. The maximum absolute atomic E-state index is 12.5. The number of nitrogens with one attached hydrogen (secondary N) is 2. The van der Waals surface area contributed by atoms with Gasteiger partial charge in [0, 0.05) is 24.2 Å². The Bertz CT molecular complexity index is 766. The van der Waals surface area contributed by atoms with Gasteiger partial charge in [-0.05, 0) is 18.9 Å². The van der Waals surface area contributed by atoms with Crippen molar-refractivity contribution in [2.45, 2.75) is 39.4 Å². The SMILES string of the molecule is CCNC(=NCc1nc(C(C)C)cs1)NCCOc1ccc(C(F)(F)F)cn1.I. The highest BCUT2D eigenvalue weighted by Crippen LogP contribution is 2.29. The highest BCUT2D eigenvalue weighted by Gasteiger charge is 2.30. The summed E-state index contributed by atoms with van der Waals surface area (Å²) < 4.78 is 42.9. The van der Waals surface area contributed by atoms with Gasteiger partial charge in [-0.2, -0.15) is 13.2 Å². The van der Waals surface area contributed by atoms with Gasteiger partial charge in [-0.15, -0.1) is 35.3 Å². The highest BCUT2D eigenvalue weighted by atomic mass is 127. The number of halogens is 4. The van der Waals surface area contributed by atoms with E-state index in [1.54, 1.807) is 11.3 Å². The molecule has 2 N–H and O–H groups in total. The van der Waals surface area contributed by atoms with Gasteiger partial charge in [0.2, 0.25) is 5.88 Å². The van der Waals surface area contributed by atoms with E-state index in [-0.39, 0.29) is 36.5 Å². The molecule has 0 saturated carbocycles. The molecule has 0 unspecified atom stereocenters. The Kier molecular flexibility index (Phi) is 10.6. The summed E-state index contributed by atoms with van der Waals surface area (Å²) in [6.07, 6.45) is -3.65. The van der Waals surface area contributed by atoms with Crippen molar-refractivity contribution in [2.24, 2.45) is 4.99 Å². The van der Waals surface area contributed by atoms with Crippen LogP contribution in [0, 0.1) is 0 Å². The second-order valence-corrected chi connectivity index (χ2v) is 7.12. The van der Waals surface area contributed by atoms with E-state index in [9.17, 15) is 13.2 Å². The van der Waals surface area contributed by atoms with Crippen molar-refractivity contribution in [3.8, 4) is 5.88 Å². The van der Waals surface area contributed by atoms with Gasteiger partial charge in [0.1, 0.15) is 11.6 Å². The average Bonchev–Trinajstić information content (AvgIpc) is 3.12. The number of thiazole rings is 1. The lowest BCUT2D eigenvalue weighted by Gasteiger charge is -2.12. The van der Waals surface area contributed by atoms with Crippen molar-refractivity contribution in [3.05, 3.63) is 40.0 Å². The molecule has 0 aliphatic heterocycles. The second kappa shape index (κ2) is 12.2. The minimum Gasteiger partial charge on any atom is -0.476 e. The van der Waals surface area contributed by atoms with Crippen molar-refractivity contribution in [1.29, 1.82) is 0 Å². The Morgan fingerprint density at radius 3 is 2.59 bits per heavy atom. The minimum absolute atomic E-state index is 0. The smallest absolute Gasteiger partial charge is 0.417 e. The predicted molar refractivity (Wildman–Crippen MR) is 119 cm³/mol. The number of guanidine groups is 1. The van der Waals surface area contributed by atoms with E-state index in [1.807, 2.05) is 12.3 Å². The first-order valence-corrected chi connectivity index (χ1v) is 9.80. The molecule has 0 bridgehead atoms. The first kappa shape index (κ1) is 25.4. The zero-order valence-electron chi connectivity index (χ0n) is 16.4. The van der Waals surface area contributed by atoms with Crippen LogP contribution in [0.2, 0.25) is 0 Å². The van der Waals surface area contributed by atoms with Crippen molar-refractivity contribution < 1.29 is 17.9 Å². The van der Waals surface area contributed by atoms with Gasteiger partial charge in [-0.1, -0.05) is 13.8 Å². The molecule has 2 aromatic rings. The zero-order valence-corrected chi connectivity index (χ0v) is 19.6. The second-order valence-electron chi connectivity index (χ2n) is 6.17. The zero-order chi connectivity index (χ0) is 20.6. The molecule has 0 amide bonds. The largest absolute Gasteiger partial charge is 0.476 e. The Labute approximate surface area is 189 Å².